The second-order valence-corrected chi connectivity index (χ2v) is 8.95. The fraction of sp³-hybridized carbons (Fsp3) is 0.321. The molecule has 184 valence electrons. The number of halogens is 1. The van der Waals surface area contributed by atoms with E-state index in [4.69, 9.17) is 23.7 Å². The minimum atomic E-state index is -0.882. The third kappa shape index (κ3) is 7.85. The lowest BCUT2D eigenvalue weighted by molar-refractivity contribution is -0.194. The van der Waals surface area contributed by atoms with E-state index in [0.717, 1.165) is 16.7 Å². The van der Waals surface area contributed by atoms with Crippen molar-refractivity contribution >= 4 is 28.6 Å². The van der Waals surface area contributed by atoms with E-state index in [2.05, 4.69) is 0 Å². The van der Waals surface area contributed by atoms with Crippen LogP contribution in [0.15, 0.2) is 91.0 Å². The number of ether oxygens (including phenoxy) is 5. The molecule has 35 heavy (non-hydrogen) atoms. The number of carbonyl (C=O) groups excluding carboxylic acids is 1. The van der Waals surface area contributed by atoms with Gasteiger partial charge >= 0.3 is 5.97 Å². The molecule has 0 bridgehead atoms. The van der Waals surface area contributed by atoms with Crippen LogP contribution >= 0.6 is 22.6 Å². The zero-order valence-electron chi connectivity index (χ0n) is 19.3. The highest BCUT2D eigenvalue weighted by Crippen LogP contribution is 2.30. The summed E-state index contributed by atoms with van der Waals surface area (Å²) in [6.45, 7) is 1.44. The molecule has 1 aliphatic heterocycles. The van der Waals surface area contributed by atoms with Crippen molar-refractivity contribution in [1.29, 1.82) is 0 Å². The Balaban J connectivity index is 1.48. The minimum Gasteiger partial charge on any atom is -0.432 e. The Morgan fingerprint density at radius 1 is 0.714 bits per heavy atom. The Bertz CT molecular complexity index is 1020. The molecule has 0 spiro atoms. The summed E-state index contributed by atoms with van der Waals surface area (Å²) in [5.41, 5.74) is 3.11. The van der Waals surface area contributed by atoms with Gasteiger partial charge in [-0.2, -0.15) is 0 Å². The Kier molecular flexibility index (Phi) is 10.1. The predicted octanol–water partition coefficient (Wildman–Crippen LogP) is 5.08. The largest absolute Gasteiger partial charge is 0.432 e. The van der Waals surface area contributed by atoms with E-state index in [1.165, 1.54) is 0 Å². The number of hydrogen-bond acceptors (Lipinski definition) is 6. The average molecular weight is 588 g/mol. The SMILES string of the molecule is O=C(CI)OC1O[C@H](COCc2ccccc2)[C@@H](OCc2ccccc2)[C@H]1OCc1ccccc1. The van der Waals surface area contributed by atoms with Crippen molar-refractivity contribution in [3.05, 3.63) is 108 Å². The fourth-order valence-corrected chi connectivity index (χ4v) is 4.04. The molecule has 0 radical (unpaired) electrons. The molecule has 1 fully saturated rings. The summed E-state index contributed by atoms with van der Waals surface area (Å²) in [6.07, 6.45) is -2.43. The van der Waals surface area contributed by atoms with Crippen molar-refractivity contribution in [2.75, 3.05) is 11.0 Å². The van der Waals surface area contributed by atoms with E-state index in [1.54, 1.807) is 0 Å². The summed E-state index contributed by atoms with van der Waals surface area (Å²) < 4.78 is 30.5. The monoisotopic (exact) mass is 588 g/mol. The lowest BCUT2D eigenvalue weighted by Crippen LogP contribution is -2.40. The van der Waals surface area contributed by atoms with Crippen LogP contribution in [-0.4, -0.2) is 41.6 Å². The first-order chi connectivity index (χ1) is 17.2. The first-order valence-electron chi connectivity index (χ1n) is 11.6. The van der Waals surface area contributed by atoms with Gasteiger partial charge in [0.2, 0.25) is 6.29 Å². The van der Waals surface area contributed by atoms with Gasteiger partial charge in [0.05, 0.1) is 30.9 Å². The maximum Gasteiger partial charge on any atom is 0.318 e. The van der Waals surface area contributed by atoms with Crippen LogP contribution < -0.4 is 0 Å². The van der Waals surface area contributed by atoms with Crippen LogP contribution in [0.1, 0.15) is 16.7 Å². The standard InChI is InChI=1S/C28H29IO6/c29-16-25(30)35-28-27(33-19-23-14-8-3-9-15-23)26(32-18-22-12-6-2-7-13-22)24(34-28)20-31-17-21-10-4-1-5-11-21/h1-15,24,26-28H,16-20H2/t24-,26-,27-,28?/m1/s1. The summed E-state index contributed by atoms with van der Waals surface area (Å²) in [5, 5.41) is 0. The third-order valence-corrected chi connectivity index (χ3v) is 6.21. The van der Waals surface area contributed by atoms with Gasteiger partial charge < -0.3 is 23.7 Å². The van der Waals surface area contributed by atoms with E-state index >= 15 is 0 Å². The van der Waals surface area contributed by atoms with Crippen LogP contribution in [0.3, 0.4) is 0 Å². The highest BCUT2D eigenvalue weighted by Gasteiger charge is 2.48. The lowest BCUT2D eigenvalue weighted by Gasteiger charge is -2.24. The van der Waals surface area contributed by atoms with Crippen molar-refractivity contribution in [3.8, 4) is 0 Å². The van der Waals surface area contributed by atoms with Crippen molar-refractivity contribution in [3.63, 3.8) is 0 Å². The maximum atomic E-state index is 12.1. The highest BCUT2D eigenvalue weighted by molar-refractivity contribution is 14.1. The number of esters is 1. The van der Waals surface area contributed by atoms with Gasteiger partial charge in [-0.05, 0) is 16.7 Å². The predicted molar refractivity (Wildman–Crippen MR) is 140 cm³/mol. The first-order valence-corrected chi connectivity index (χ1v) is 13.1. The van der Waals surface area contributed by atoms with Gasteiger partial charge in [-0.25, -0.2) is 0 Å². The summed E-state index contributed by atoms with van der Waals surface area (Å²) >= 11 is 1.97. The number of carbonyl (C=O) groups is 1. The van der Waals surface area contributed by atoms with Crippen molar-refractivity contribution in [1.82, 2.24) is 0 Å². The maximum absolute atomic E-state index is 12.1. The lowest BCUT2D eigenvalue weighted by atomic mass is 10.1. The second-order valence-electron chi connectivity index (χ2n) is 8.19. The smallest absolute Gasteiger partial charge is 0.318 e. The number of rotatable bonds is 12. The topological polar surface area (TPSA) is 63.2 Å². The number of benzene rings is 3. The average Bonchev–Trinajstić information content (AvgIpc) is 3.23. The summed E-state index contributed by atoms with van der Waals surface area (Å²) in [6, 6.07) is 29.7. The van der Waals surface area contributed by atoms with Crippen molar-refractivity contribution in [2.24, 2.45) is 0 Å². The van der Waals surface area contributed by atoms with Crippen LogP contribution in [-0.2, 0) is 48.3 Å². The molecule has 7 heteroatoms. The van der Waals surface area contributed by atoms with E-state index in [0.29, 0.717) is 19.8 Å². The van der Waals surface area contributed by atoms with Crippen molar-refractivity contribution in [2.45, 2.75) is 44.4 Å². The summed E-state index contributed by atoms with van der Waals surface area (Å²) in [7, 11) is 0. The molecule has 3 aromatic carbocycles. The molecule has 1 saturated heterocycles. The van der Waals surface area contributed by atoms with Gasteiger partial charge in [0.25, 0.3) is 0 Å². The van der Waals surface area contributed by atoms with Crippen LogP contribution in [0.2, 0.25) is 0 Å². The molecule has 0 amide bonds. The van der Waals surface area contributed by atoms with Gasteiger partial charge in [-0.15, -0.1) is 0 Å². The Morgan fingerprint density at radius 2 is 1.20 bits per heavy atom. The molecule has 1 aliphatic rings. The Morgan fingerprint density at radius 3 is 1.71 bits per heavy atom. The fourth-order valence-electron chi connectivity index (χ4n) is 3.86. The van der Waals surface area contributed by atoms with Crippen LogP contribution in [0.4, 0.5) is 0 Å². The normalized spacial score (nSPS) is 21.6. The van der Waals surface area contributed by atoms with E-state index in [-0.39, 0.29) is 17.0 Å². The molecule has 0 N–H and O–H groups in total. The molecular weight excluding hydrogens is 559 g/mol. The molecule has 4 rings (SSSR count). The second kappa shape index (κ2) is 13.7. The number of alkyl halides is 1. The van der Waals surface area contributed by atoms with Crippen LogP contribution in [0, 0.1) is 0 Å². The minimum absolute atomic E-state index is 0.216. The molecule has 3 aromatic rings. The van der Waals surface area contributed by atoms with Gasteiger partial charge in [-0.1, -0.05) is 114 Å². The summed E-state index contributed by atoms with van der Waals surface area (Å²) in [4.78, 5) is 12.1. The van der Waals surface area contributed by atoms with Gasteiger partial charge in [0, 0.05) is 0 Å². The summed E-state index contributed by atoms with van der Waals surface area (Å²) in [5.74, 6) is -0.364. The quantitative estimate of drug-likeness (QED) is 0.167. The first kappa shape index (κ1) is 25.8. The van der Waals surface area contributed by atoms with E-state index in [1.807, 2.05) is 114 Å². The molecule has 0 saturated carbocycles. The van der Waals surface area contributed by atoms with E-state index < -0.39 is 24.6 Å². The molecule has 4 atom stereocenters. The molecule has 1 heterocycles. The molecule has 0 aromatic heterocycles. The molecule has 1 unspecified atom stereocenters. The molecule has 6 nitrogen and oxygen atoms in total. The highest BCUT2D eigenvalue weighted by atomic mass is 127. The molecular formula is C28H29IO6. The Labute approximate surface area is 219 Å². The van der Waals surface area contributed by atoms with E-state index in [9.17, 15) is 4.79 Å². The van der Waals surface area contributed by atoms with Gasteiger partial charge in [0.1, 0.15) is 18.3 Å². The van der Waals surface area contributed by atoms with Crippen LogP contribution in [0.25, 0.3) is 0 Å². The molecule has 0 aliphatic carbocycles. The van der Waals surface area contributed by atoms with Gasteiger partial charge in [-0.3, -0.25) is 4.79 Å². The Hall–Kier alpha value is -2.30. The van der Waals surface area contributed by atoms with Crippen LogP contribution in [0.5, 0.6) is 0 Å². The van der Waals surface area contributed by atoms with Gasteiger partial charge in [0.15, 0.2) is 0 Å². The van der Waals surface area contributed by atoms with Crippen molar-refractivity contribution < 1.29 is 28.5 Å². The number of hydrogen-bond donors (Lipinski definition) is 0. The third-order valence-electron chi connectivity index (χ3n) is 5.59. The zero-order valence-corrected chi connectivity index (χ0v) is 21.5. The zero-order chi connectivity index (χ0) is 24.3.